The molecule has 0 aliphatic carbocycles. The second-order valence-corrected chi connectivity index (χ2v) is 3.55. The zero-order chi connectivity index (χ0) is 11.8. The van der Waals surface area contributed by atoms with E-state index in [1.54, 1.807) is 6.20 Å². The van der Waals surface area contributed by atoms with Gasteiger partial charge < -0.3 is 10.1 Å². The molecule has 1 aliphatic heterocycles. The quantitative estimate of drug-likeness (QED) is 0.692. The summed E-state index contributed by atoms with van der Waals surface area (Å²) in [5.74, 6) is 1.63. The number of rotatable bonds is 1. The monoisotopic (exact) mass is 227 g/mol. The van der Waals surface area contributed by atoms with Crippen LogP contribution in [-0.4, -0.2) is 9.55 Å². The molecule has 0 bridgehead atoms. The van der Waals surface area contributed by atoms with Crippen molar-refractivity contribution < 1.29 is 4.74 Å². The van der Waals surface area contributed by atoms with Gasteiger partial charge in [-0.2, -0.15) is 4.98 Å². The van der Waals surface area contributed by atoms with Gasteiger partial charge in [0.05, 0.1) is 11.9 Å². The minimum Gasteiger partial charge on any atom is -0.450 e. The highest BCUT2D eigenvalue weighted by molar-refractivity contribution is 5.72. The summed E-state index contributed by atoms with van der Waals surface area (Å²) in [6.45, 7) is 3.53. The van der Waals surface area contributed by atoms with E-state index in [1.807, 2.05) is 24.3 Å². The molecule has 3 rings (SSSR count). The van der Waals surface area contributed by atoms with Gasteiger partial charge >= 0.3 is 5.69 Å². The number of fused-ring (bicyclic) bond motifs is 2. The van der Waals surface area contributed by atoms with Crippen LogP contribution in [0.15, 0.2) is 41.8 Å². The molecule has 5 nitrogen and oxygen atoms in total. The first-order valence-electron chi connectivity index (χ1n) is 5.07. The van der Waals surface area contributed by atoms with Gasteiger partial charge in [0.25, 0.3) is 0 Å². The second kappa shape index (κ2) is 3.48. The smallest absolute Gasteiger partial charge is 0.353 e. The Morgan fingerprint density at radius 1 is 1.35 bits per heavy atom. The number of hydrogen-bond acceptors (Lipinski definition) is 4. The molecule has 5 heteroatoms. The maximum absolute atomic E-state index is 11.5. The van der Waals surface area contributed by atoms with Crippen molar-refractivity contribution in [3.05, 3.63) is 47.5 Å². The summed E-state index contributed by atoms with van der Waals surface area (Å²) >= 11 is 0. The lowest BCUT2D eigenvalue weighted by atomic mass is 10.2. The van der Waals surface area contributed by atoms with Crippen molar-refractivity contribution in [1.29, 1.82) is 0 Å². The van der Waals surface area contributed by atoms with Gasteiger partial charge in [0, 0.05) is 6.20 Å². The van der Waals surface area contributed by atoms with E-state index in [0.29, 0.717) is 17.3 Å². The van der Waals surface area contributed by atoms with Gasteiger partial charge in [0.1, 0.15) is 0 Å². The van der Waals surface area contributed by atoms with Crippen LogP contribution in [0.4, 0.5) is 11.5 Å². The van der Waals surface area contributed by atoms with Gasteiger partial charge in [-0.1, -0.05) is 18.7 Å². The van der Waals surface area contributed by atoms with E-state index in [9.17, 15) is 4.79 Å². The lowest BCUT2D eigenvalue weighted by Gasteiger charge is -2.20. The third-order valence-corrected chi connectivity index (χ3v) is 2.47. The Morgan fingerprint density at radius 2 is 2.18 bits per heavy atom. The largest absolute Gasteiger partial charge is 0.450 e. The number of para-hydroxylation sites is 2. The van der Waals surface area contributed by atoms with Gasteiger partial charge in [-0.05, 0) is 12.1 Å². The Hall–Kier alpha value is -2.56. The predicted octanol–water partition coefficient (Wildman–Crippen LogP) is 2.19. The van der Waals surface area contributed by atoms with Crippen LogP contribution in [-0.2, 0) is 0 Å². The second-order valence-electron chi connectivity index (χ2n) is 3.55. The number of aromatic nitrogens is 2. The molecule has 1 aromatic heterocycles. The molecule has 0 spiro atoms. The molecule has 0 unspecified atom stereocenters. The molecule has 0 radical (unpaired) electrons. The van der Waals surface area contributed by atoms with Gasteiger partial charge in [0.15, 0.2) is 17.3 Å². The van der Waals surface area contributed by atoms with Gasteiger partial charge in [-0.3, -0.25) is 4.57 Å². The van der Waals surface area contributed by atoms with E-state index in [0.717, 1.165) is 5.69 Å². The highest BCUT2D eigenvalue weighted by Gasteiger charge is 2.18. The molecule has 0 saturated heterocycles. The van der Waals surface area contributed by atoms with E-state index in [2.05, 4.69) is 16.9 Å². The minimum atomic E-state index is -0.394. The number of ether oxygens (including phenoxy) is 1. The van der Waals surface area contributed by atoms with Crippen LogP contribution >= 0.6 is 0 Å². The highest BCUT2D eigenvalue weighted by atomic mass is 16.5. The number of hydrogen-bond donors (Lipinski definition) is 1. The van der Waals surface area contributed by atoms with Crippen LogP contribution in [0, 0.1) is 0 Å². The summed E-state index contributed by atoms with van der Waals surface area (Å²) in [7, 11) is 0. The number of nitrogens with one attached hydrogen (secondary N) is 1. The van der Waals surface area contributed by atoms with E-state index >= 15 is 0 Å². The highest BCUT2D eigenvalue weighted by Crippen LogP contribution is 2.39. The lowest BCUT2D eigenvalue weighted by molar-refractivity contribution is 0.473. The van der Waals surface area contributed by atoms with E-state index in [-0.39, 0.29) is 0 Å². The average Bonchev–Trinajstić information content (AvgIpc) is 2.35. The van der Waals surface area contributed by atoms with Crippen LogP contribution in [0.1, 0.15) is 0 Å². The van der Waals surface area contributed by atoms with Crippen molar-refractivity contribution in [2.45, 2.75) is 0 Å². The molecule has 84 valence electrons. The van der Waals surface area contributed by atoms with Crippen molar-refractivity contribution in [3.8, 4) is 11.5 Å². The zero-order valence-electron chi connectivity index (χ0n) is 8.88. The fraction of sp³-hybridized carbons (Fsp3) is 0. The normalized spacial score (nSPS) is 11.8. The van der Waals surface area contributed by atoms with Crippen LogP contribution < -0.4 is 15.7 Å². The molecule has 0 saturated carbocycles. The summed E-state index contributed by atoms with van der Waals surface area (Å²) in [6, 6.07) is 7.46. The van der Waals surface area contributed by atoms with Gasteiger partial charge in [-0.15, -0.1) is 0 Å². The summed E-state index contributed by atoms with van der Waals surface area (Å²) < 4.78 is 6.91. The lowest BCUT2D eigenvalue weighted by Crippen LogP contribution is -2.21. The molecule has 1 N–H and O–H groups in total. The van der Waals surface area contributed by atoms with Crippen molar-refractivity contribution in [2.24, 2.45) is 0 Å². The van der Waals surface area contributed by atoms with Crippen molar-refractivity contribution in [1.82, 2.24) is 9.55 Å². The first-order chi connectivity index (χ1) is 8.28. The van der Waals surface area contributed by atoms with E-state index < -0.39 is 5.69 Å². The van der Waals surface area contributed by atoms with Crippen molar-refractivity contribution in [3.63, 3.8) is 0 Å². The van der Waals surface area contributed by atoms with Crippen LogP contribution in [0.25, 0.3) is 6.20 Å². The maximum atomic E-state index is 11.5. The molecule has 2 heterocycles. The summed E-state index contributed by atoms with van der Waals surface area (Å²) in [5, 5.41) is 3.05. The number of anilines is 2. The van der Waals surface area contributed by atoms with E-state index in [1.165, 1.54) is 10.8 Å². The standard InChI is InChI=1S/C12H9N3O2/c1-2-15-7-10-11(14-12(15)16)13-8-5-3-4-6-9(8)17-10/h2-7H,1H2,(H,13,14,16). The molecule has 2 aromatic rings. The number of nitrogens with zero attached hydrogens (tertiary/aromatic N) is 2. The third kappa shape index (κ3) is 1.48. The van der Waals surface area contributed by atoms with Gasteiger partial charge in [-0.25, -0.2) is 4.79 Å². The molecule has 0 fully saturated rings. The molecule has 0 amide bonds. The van der Waals surface area contributed by atoms with E-state index in [4.69, 9.17) is 4.74 Å². The van der Waals surface area contributed by atoms with Crippen molar-refractivity contribution >= 4 is 17.7 Å². The topological polar surface area (TPSA) is 56.2 Å². The Morgan fingerprint density at radius 3 is 3.00 bits per heavy atom. The first kappa shape index (κ1) is 9.65. The molecular weight excluding hydrogens is 218 g/mol. The van der Waals surface area contributed by atoms with Crippen LogP contribution in [0.3, 0.4) is 0 Å². The maximum Gasteiger partial charge on any atom is 0.353 e. The third-order valence-electron chi connectivity index (χ3n) is 2.47. The summed E-state index contributed by atoms with van der Waals surface area (Å²) in [6.07, 6.45) is 2.94. The average molecular weight is 227 g/mol. The molecule has 0 atom stereocenters. The zero-order valence-corrected chi connectivity index (χ0v) is 8.88. The Balaban J connectivity index is 2.15. The Labute approximate surface area is 97.0 Å². The Kier molecular flexibility index (Phi) is 1.98. The molecule has 1 aliphatic rings. The molecule has 17 heavy (non-hydrogen) atoms. The molecule has 1 aromatic carbocycles. The summed E-state index contributed by atoms with van der Waals surface area (Å²) in [4.78, 5) is 15.4. The fourth-order valence-corrected chi connectivity index (χ4v) is 1.65. The van der Waals surface area contributed by atoms with Crippen LogP contribution in [0.2, 0.25) is 0 Å². The number of benzene rings is 1. The summed E-state index contributed by atoms with van der Waals surface area (Å²) in [5.41, 5.74) is 0.400. The minimum absolute atomic E-state index is 0.394. The predicted molar refractivity (Wildman–Crippen MR) is 64.7 cm³/mol. The first-order valence-corrected chi connectivity index (χ1v) is 5.07. The van der Waals surface area contributed by atoms with Crippen LogP contribution in [0.5, 0.6) is 11.5 Å². The SMILES string of the molecule is C=Cn1cc2c(nc1=O)Nc1ccccc1O2. The van der Waals surface area contributed by atoms with Crippen molar-refractivity contribution in [2.75, 3.05) is 5.32 Å². The Bertz CT molecular complexity index is 661. The van der Waals surface area contributed by atoms with Gasteiger partial charge in [0.2, 0.25) is 0 Å². The fourth-order valence-electron chi connectivity index (χ4n) is 1.65. The molecular formula is C12H9N3O2.